The van der Waals surface area contributed by atoms with E-state index in [0.29, 0.717) is 13.0 Å². The number of hydrogen-bond acceptors (Lipinski definition) is 3. The Balaban J connectivity index is 1.63. The van der Waals surface area contributed by atoms with Gasteiger partial charge >= 0.3 is 0 Å². The molecular formula is C23H29N5O. The summed E-state index contributed by atoms with van der Waals surface area (Å²) >= 11 is 0. The van der Waals surface area contributed by atoms with Gasteiger partial charge in [-0.1, -0.05) is 31.2 Å². The zero-order valence-electron chi connectivity index (χ0n) is 17.8. The number of aryl methyl sites for hydroxylation is 3. The maximum atomic E-state index is 13.0. The number of nitrogens with zero attached hydrogens (tertiary/aromatic N) is 5. The summed E-state index contributed by atoms with van der Waals surface area (Å²) in [6.45, 7) is 8.57. The Morgan fingerprint density at radius 3 is 2.76 bits per heavy atom. The van der Waals surface area contributed by atoms with Gasteiger partial charge in [-0.3, -0.25) is 9.48 Å². The van der Waals surface area contributed by atoms with Crippen LogP contribution in [0.3, 0.4) is 0 Å². The van der Waals surface area contributed by atoms with Crippen LogP contribution in [0, 0.1) is 13.8 Å². The Bertz CT molecular complexity index is 1050. The summed E-state index contributed by atoms with van der Waals surface area (Å²) < 4.78 is 4.20. The first-order valence-electron chi connectivity index (χ1n) is 10.4. The minimum Gasteiger partial charge on any atom is -0.338 e. The molecule has 152 valence electrons. The Hall–Kier alpha value is -2.89. The molecule has 3 heterocycles. The number of imidazole rings is 1. The number of carbonyl (C=O) groups is 1. The number of hydrogen-bond donors (Lipinski definition) is 0. The molecule has 0 atom stereocenters. The van der Waals surface area contributed by atoms with Crippen LogP contribution in [-0.2, 0) is 37.8 Å². The van der Waals surface area contributed by atoms with Crippen LogP contribution in [0.5, 0.6) is 0 Å². The highest BCUT2D eigenvalue weighted by Gasteiger charge is 2.29. The van der Waals surface area contributed by atoms with Gasteiger partial charge in [-0.05, 0) is 31.4 Å². The smallest absolute Gasteiger partial charge is 0.227 e. The van der Waals surface area contributed by atoms with Crippen LogP contribution < -0.4 is 0 Å². The second kappa shape index (κ2) is 7.85. The van der Waals surface area contributed by atoms with E-state index in [4.69, 9.17) is 5.10 Å². The molecule has 29 heavy (non-hydrogen) atoms. The van der Waals surface area contributed by atoms with Crippen molar-refractivity contribution in [3.8, 4) is 11.5 Å². The lowest BCUT2D eigenvalue weighted by molar-refractivity contribution is -0.131. The molecule has 0 bridgehead atoms. The highest BCUT2D eigenvalue weighted by molar-refractivity contribution is 5.79. The first-order chi connectivity index (χ1) is 14.0. The molecule has 0 radical (unpaired) electrons. The lowest BCUT2D eigenvalue weighted by Gasteiger charge is -2.28. The predicted molar refractivity (Wildman–Crippen MR) is 113 cm³/mol. The van der Waals surface area contributed by atoms with Gasteiger partial charge < -0.3 is 9.47 Å². The molecule has 0 N–H and O–H groups in total. The lowest BCUT2D eigenvalue weighted by atomic mass is 10.0. The van der Waals surface area contributed by atoms with Crippen molar-refractivity contribution < 1.29 is 4.79 Å². The highest BCUT2D eigenvalue weighted by Crippen LogP contribution is 2.30. The molecule has 0 fully saturated rings. The quantitative estimate of drug-likeness (QED) is 0.669. The van der Waals surface area contributed by atoms with E-state index in [1.165, 1.54) is 5.69 Å². The van der Waals surface area contributed by atoms with Crippen molar-refractivity contribution in [1.29, 1.82) is 0 Å². The van der Waals surface area contributed by atoms with Gasteiger partial charge in [0.05, 0.1) is 6.42 Å². The number of amides is 1. The van der Waals surface area contributed by atoms with Crippen LogP contribution in [0.2, 0.25) is 0 Å². The Morgan fingerprint density at radius 1 is 1.21 bits per heavy atom. The topological polar surface area (TPSA) is 56.0 Å². The van der Waals surface area contributed by atoms with Gasteiger partial charge in [0.15, 0.2) is 5.82 Å². The average molecular weight is 392 g/mol. The maximum absolute atomic E-state index is 13.0. The second-order valence-electron chi connectivity index (χ2n) is 7.94. The van der Waals surface area contributed by atoms with E-state index in [0.717, 1.165) is 59.8 Å². The third-order valence-electron chi connectivity index (χ3n) is 5.91. The standard InChI is InChI=1S/C23H29N5O/c1-5-11-28-17(3)14-24-23(28)22-19-15-27(12-10-20(19)26(4)25-22)21(29)13-18-9-7-6-8-16(18)2/h6-9,14H,5,10-13,15H2,1-4H3. The first-order valence-corrected chi connectivity index (χ1v) is 10.4. The van der Waals surface area contributed by atoms with Gasteiger partial charge in [-0.15, -0.1) is 0 Å². The number of rotatable bonds is 5. The fourth-order valence-corrected chi connectivity index (χ4v) is 4.22. The number of benzene rings is 1. The summed E-state index contributed by atoms with van der Waals surface area (Å²) in [6, 6.07) is 8.12. The first kappa shape index (κ1) is 19.4. The molecule has 1 aliphatic rings. The molecule has 0 saturated carbocycles. The predicted octanol–water partition coefficient (Wildman–Crippen LogP) is 3.44. The van der Waals surface area contributed by atoms with Crippen molar-refractivity contribution in [2.45, 2.75) is 53.1 Å². The van der Waals surface area contributed by atoms with Crippen molar-refractivity contribution in [1.82, 2.24) is 24.2 Å². The second-order valence-corrected chi connectivity index (χ2v) is 7.94. The van der Waals surface area contributed by atoms with E-state index < -0.39 is 0 Å². The normalized spacial score (nSPS) is 13.6. The Morgan fingerprint density at radius 2 is 2.00 bits per heavy atom. The van der Waals surface area contributed by atoms with E-state index in [1.807, 2.05) is 41.0 Å². The summed E-state index contributed by atoms with van der Waals surface area (Å²) in [4.78, 5) is 19.7. The van der Waals surface area contributed by atoms with E-state index in [9.17, 15) is 4.79 Å². The average Bonchev–Trinajstić information content (AvgIpc) is 3.23. The van der Waals surface area contributed by atoms with Gasteiger partial charge in [0, 0.05) is 56.3 Å². The van der Waals surface area contributed by atoms with Crippen LogP contribution in [0.1, 0.15) is 41.4 Å². The lowest BCUT2D eigenvalue weighted by Crippen LogP contribution is -2.37. The van der Waals surface area contributed by atoms with Crippen molar-refractivity contribution in [2.75, 3.05) is 6.54 Å². The molecule has 6 heteroatoms. The van der Waals surface area contributed by atoms with Gasteiger partial charge in [0.25, 0.3) is 0 Å². The zero-order valence-corrected chi connectivity index (χ0v) is 17.8. The molecule has 0 spiro atoms. The minimum atomic E-state index is 0.174. The minimum absolute atomic E-state index is 0.174. The van der Waals surface area contributed by atoms with Crippen LogP contribution in [0.15, 0.2) is 30.5 Å². The van der Waals surface area contributed by atoms with E-state index in [1.54, 1.807) is 0 Å². The van der Waals surface area contributed by atoms with Crippen molar-refractivity contribution >= 4 is 5.91 Å². The van der Waals surface area contributed by atoms with Crippen LogP contribution in [0.25, 0.3) is 11.5 Å². The number of aromatic nitrogens is 4. The monoisotopic (exact) mass is 391 g/mol. The largest absolute Gasteiger partial charge is 0.338 e. The van der Waals surface area contributed by atoms with Gasteiger partial charge in [0.1, 0.15) is 5.69 Å². The number of fused-ring (bicyclic) bond motifs is 1. The summed E-state index contributed by atoms with van der Waals surface area (Å²) in [5, 5.41) is 4.81. The number of carbonyl (C=O) groups excluding carboxylic acids is 1. The Kier molecular flexibility index (Phi) is 5.26. The molecule has 1 aliphatic heterocycles. The molecule has 0 aliphatic carbocycles. The molecule has 2 aromatic heterocycles. The SMILES string of the molecule is CCCn1c(C)cnc1-c1nn(C)c2c1CN(C(=O)Cc1ccccc1C)CC2. The van der Waals surface area contributed by atoms with Gasteiger partial charge in [-0.2, -0.15) is 5.10 Å². The van der Waals surface area contributed by atoms with Crippen molar-refractivity contribution in [3.05, 3.63) is 58.5 Å². The third kappa shape index (κ3) is 3.59. The van der Waals surface area contributed by atoms with Crippen molar-refractivity contribution in [2.24, 2.45) is 7.05 Å². The van der Waals surface area contributed by atoms with Crippen LogP contribution in [0.4, 0.5) is 0 Å². The fourth-order valence-electron chi connectivity index (χ4n) is 4.22. The maximum Gasteiger partial charge on any atom is 0.227 e. The zero-order chi connectivity index (χ0) is 20.5. The van der Waals surface area contributed by atoms with E-state index in [-0.39, 0.29) is 5.91 Å². The van der Waals surface area contributed by atoms with Gasteiger partial charge in [-0.25, -0.2) is 4.98 Å². The van der Waals surface area contributed by atoms with Crippen LogP contribution in [-0.4, -0.2) is 36.7 Å². The van der Waals surface area contributed by atoms with Crippen molar-refractivity contribution in [3.63, 3.8) is 0 Å². The van der Waals surface area contributed by atoms with Gasteiger partial charge in [0.2, 0.25) is 5.91 Å². The highest BCUT2D eigenvalue weighted by atomic mass is 16.2. The molecule has 3 aromatic rings. The Labute approximate surface area is 172 Å². The fraction of sp³-hybridized carbons (Fsp3) is 0.435. The molecule has 4 rings (SSSR count). The molecule has 6 nitrogen and oxygen atoms in total. The molecular weight excluding hydrogens is 362 g/mol. The summed E-state index contributed by atoms with van der Waals surface area (Å²) in [5.41, 5.74) is 6.67. The van der Waals surface area contributed by atoms with E-state index >= 15 is 0 Å². The molecule has 0 saturated heterocycles. The molecule has 1 aromatic carbocycles. The third-order valence-corrected chi connectivity index (χ3v) is 5.91. The molecule has 1 amide bonds. The summed E-state index contributed by atoms with van der Waals surface area (Å²) in [6.07, 6.45) is 4.23. The van der Waals surface area contributed by atoms with Crippen LogP contribution >= 0.6 is 0 Å². The summed E-state index contributed by atoms with van der Waals surface area (Å²) in [7, 11) is 1.99. The molecule has 0 unspecified atom stereocenters. The summed E-state index contributed by atoms with van der Waals surface area (Å²) in [5.74, 6) is 1.09. The van der Waals surface area contributed by atoms with E-state index in [2.05, 4.69) is 36.4 Å².